The van der Waals surface area contributed by atoms with Crippen LogP contribution in [0.1, 0.15) is 66.1 Å². The highest BCUT2D eigenvalue weighted by atomic mass is 35.5. The highest BCUT2D eigenvalue weighted by Gasteiger charge is 2.52. The summed E-state index contributed by atoms with van der Waals surface area (Å²) in [6.07, 6.45) is 3.97. The molecule has 2 aromatic carbocycles. The minimum atomic E-state index is -3.56. The van der Waals surface area contributed by atoms with Crippen LogP contribution in [0.25, 0.3) is 11.3 Å². The molecule has 4 fully saturated rings. The van der Waals surface area contributed by atoms with E-state index in [0.717, 1.165) is 24.2 Å². The van der Waals surface area contributed by atoms with Crippen LogP contribution in [0.5, 0.6) is 0 Å². The Balaban J connectivity index is 1.01. The molecule has 2 aliphatic carbocycles. The van der Waals surface area contributed by atoms with Gasteiger partial charge in [0.05, 0.1) is 33.9 Å². The van der Waals surface area contributed by atoms with Gasteiger partial charge >= 0.3 is 0 Å². The summed E-state index contributed by atoms with van der Waals surface area (Å²) in [5, 5.41) is 4.75. The lowest BCUT2D eigenvalue weighted by molar-refractivity contribution is -0.126. The molecule has 4 aliphatic rings. The molecular weight excluding hydrogens is 627 g/mol. The van der Waals surface area contributed by atoms with Gasteiger partial charge in [-0.15, -0.1) is 0 Å². The van der Waals surface area contributed by atoms with Crippen LogP contribution >= 0.6 is 23.2 Å². The number of sulfone groups is 1. The van der Waals surface area contributed by atoms with E-state index in [1.54, 1.807) is 47.4 Å². The van der Waals surface area contributed by atoms with E-state index in [1.165, 1.54) is 0 Å². The first-order chi connectivity index (χ1) is 21.2. The summed E-state index contributed by atoms with van der Waals surface area (Å²) in [5.74, 6) is -0.186. The number of ether oxygens (including phenoxy) is 2. The molecule has 7 rings (SSSR count). The maximum atomic E-state index is 13.5. The lowest BCUT2D eigenvalue weighted by atomic mass is 10.0. The van der Waals surface area contributed by atoms with Crippen LogP contribution in [0, 0.1) is 5.92 Å². The van der Waals surface area contributed by atoms with Crippen molar-refractivity contribution in [2.75, 3.05) is 23.9 Å². The summed E-state index contributed by atoms with van der Waals surface area (Å²) >= 11 is 13.0. The van der Waals surface area contributed by atoms with Gasteiger partial charge in [-0.2, -0.15) is 0 Å². The minimum Gasteiger partial charge on any atom is -0.381 e. The number of Topliss-reactive ketones (excluding diaryl/α,β-unsaturated/α-hetero) is 1. The molecule has 3 aromatic rings. The van der Waals surface area contributed by atoms with Gasteiger partial charge in [-0.05, 0) is 74.9 Å². The number of amides is 1. The van der Waals surface area contributed by atoms with E-state index >= 15 is 0 Å². The van der Waals surface area contributed by atoms with E-state index in [-0.39, 0.29) is 30.6 Å². The Labute approximate surface area is 265 Å². The van der Waals surface area contributed by atoms with Crippen molar-refractivity contribution in [3.63, 3.8) is 0 Å². The lowest BCUT2D eigenvalue weighted by Gasteiger charge is -2.31. The zero-order valence-corrected chi connectivity index (χ0v) is 26.2. The maximum absolute atomic E-state index is 13.5. The van der Waals surface area contributed by atoms with E-state index in [4.69, 9.17) is 37.2 Å². The van der Waals surface area contributed by atoms with Crippen molar-refractivity contribution in [1.82, 2.24) is 5.16 Å². The number of hydrogen-bond acceptors (Lipinski definition) is 8. The van der Waals surface area contributed by atoms with Crippen molar-refractivity contribution in [2.45, 2.75) is 68.4 Å². The summed E-state index contributed by atoms with van der Waals surface area (Å²) < 4.78 is 42.9. The Morgan fingerprint density at radius 2 is 1.70 bits per heavy atom. The van der Waals surface area contributed by atoms with Gasteiger partial charge < -0.3 is 18.9 Å². The molecule has 44 heavy (non-hydrogen) atoms. The number of carbonyl (C=O) groups is 2. The smallest absolute Gasteiger partial charge is 0.233 e. The number of fused-ring (bicyclic) bond motifs is 2. The number of piperidine rings is 1. The maximum Gasteiger partial charge on any atom is 0.233 e. The zero-order chi connectivity index (χ0) is 30.6. The van der Waals surface area contributed by atoms with Crippen LogP contribution in [0.2, 0.25) is 10.0 Å². The molecule has 0 radical (unpaired) electrons. The van der Waals surface area contributed by atoms with E-state index in [1.807, 2.05) is 0 Å². The number of aromatic nitrogens is 1. The largest absolute Gasteiger partial charge is 0.381 e. The third-order valence-corrected chi connectivity index (χ3v) is 12.1. The number of nitrogens with zero attached hydrogens (tertiary/aromatic N) is 2. The summed E-state index contributed by atoms with van der Waals surface area (Å²) in [6.45, 7) is 1.03. The van der Waals surface area contributed by atoms with E-state index < -0.39 is 26.6 Å². The molecule has 2 saturated heterocycles. The van der Waals surface area contributed by atoms with Crippen LogP contribution in [-0.4, -0.2) is 61.6 Å². The fourth-order valence-corrected chi connectivity index (χ4v) is 9.05. The third kappa shape index (κ3) is 5.60. The molecule has 2 saturated carbocycles. The molecule has 0 unspecified atom stereocenters. The lowest BCUT2D eigenvalue weighted by Crippen LogP contribution is -2.43. The molecular formula is C32H32Cl2N2O7S. The van der Waals surface area contributed by atoms with Gasteiger partial charge in [0, 0.05) is 47.6 Å². The van der Waals surface area contributed by atoms with Crippen molar-refractivity contribution in [3.8, 4) is 11.3 Å². The number of anilines is 1. The van der Waals surface area contributed by atoms with Crippen LogP contribution in [-0.2, 0) is 30.7 Å². The first kappa shape index (κ1) is 29.9. The monoisotopic (exact) mass is 658 g/mol. The Bertz CT molecular complexity index is 1680. The molecule has 3 heterocycles. The molecule has 0 N–H and O–H groups in total. The number of ketones is 1. The fraction of sp³-hybridized carbons (Fsp3) is 0.469. The Morgan fingerprint density at radius 1 is 1.00 bits per heavy atom. The Hall–Kier alpha value is -2.76. The van der Waals surface area contributed by atoms with Crippen molar-refractivity contribution < 1.29 is 32.0 Å². The molecule has 1 aromatic heterocycles. The van der Waals surface area contributed by atoms with Gasteiger partial charge in [-0.1, -0.05) is 34.4 Å². The molecule has 2 aliphatic heterocycles. The van der Waals surface area contributed by atoms with Crippen molar-refractivity contribution in [1.29, 1.82) is 0 Å². The van der Waals surface area contributed by atoms with Gasteiger partial charge in [0.2, 0.25) is 5.91 Å². The van der Waals surface area contributed by atoms with Gasteiger partial charge in [-0.25, -0.2) is 8.42 Å². The van der Waals surface area contributed by atoms with Crippen LogP contribution in [0.3, 0.4) is 0 Å². The quantitative estimate of drug-likeness (QED) is 0.243. The standard InChI is InChI=1S/C32H32Cl2N2O7S/c33-25-2-1-3-26(34)29(25)30-24(31(43-35-30)19-4-5-19)16-42-28-15-21-14-23(28)32(38)36(21)20-8-6-18(7-9-20)27(37)17-44(39,40)22-10-12-41-13-11-22/h1-3,6-9,19,21-23,28H,4-5,10-17H2/t21-,23+,28+/m0/s1. The van der Waals surface area contributed by atoms with Gasteiger partial charge in [-0.3, -0.25) is 9.59 Å². The van der Waals surface area contributed by atoms with E-state index in [2.05, 4.69) is 5.16 Å². The average molecular weight is 660 g/mol. The highest BCUT2D eigenvalue weighted by molar-refractivity contribution is 7.92. The SMILES string of the molecule is O=C(CS(=O)(=O)C1CCOCC1)c1ccc(N2C(=O)[C@@H]3C[C@H]2C[C@H]3OCc2c(-c3c(Cl)cccc3Cl)noc2C2CC2)cc1. The number of halogens is 2. The molecule has 12 heteroatoms. The predicted octanol–water partition coefficient (Wildman–Crippen LogP) is 6.01. The molecule has 0 spiro atoms. The number of hydrogen-bond donors (Lipinski definition) is 0. The van der Waals surface area contributed by atoms with Crippen LogP contribution in [0.4, 0.5) is 5.69 Å². The van der Waals surface area contributed by atoms with Gasteiger partial charge in [0.1, 0.15) is 17.2 Å². The molecule has 2 bridgehead atoms. The third-order valence-electron chi connectivity index (χ3n) is 9.28. The second kappa shape index (κ2) is 11.9. The molecule has 3 atom stereocenters. The molecule has 1 amide bonds. The zero-order valence-electron chi connectivity index (χ0n) is 23.9. The first-order valence-corrected chi connectivity index (χ1v) is 17.5. The molecule has 9 nitrogen and oxygen atoms in total. The summed E-state index contributed by atoms with van der Waals surface area (Å²) in [4.78, 5) is 28.1. The Morgan fingerprint density at radius 3 is 2.36 bits per heavy atom. The highest BCUT2D eigenvalue weighted by Crippen LogP contribution is 2.47. The number of rotatable bonds is 10. The van der Waals surface area contributed by atoms with E-state index in [9.17, 15) is 18.0 Å². The summed E-state index contributed by atoms with van der Waals surface area (Å²) in [5.41, 5.74) is 3.03. The normalized spacial score (nSPS) is 23.9. The van der Waals surface area contributed by atoms with Crippen molar-refractivity contribution in [2.24, 2.45) is 5.92 Å². The number of carbonyl (C=O) groups excluding carboxylic acids is 2. The van der Waals surface area contributed by atoms with Gasteiger partial charge in [0.25, 0.3) is 0 Å². The number of benzene rings is 2. The average Bonchev–Trinajstić information content (AvgIpc) is 3.52. The van der Waals surface area contributed by atoms with Crippen LogP contribution in [0.15, 0.2) is 47.0 Å². The molecule has 232 valence electrons. The Kier molecular flexibility index (Phi) is 8.07. The fourth-order valence-electron chi connectivity index (χ4n) is 6.79. The van der Waals surface area contributed by atoms with Crippen molar-refractivity contribution >= 4 is 50.4 Å². The first-order valence-electron chi connectivity index (χ1n) is 15.0. The van der Waals surface area contributed by atoms with Gasteiger partial charge in [0.15, 0.2) is 15.6 Å². The summed E-state index contributed by atoms with van der Waals surface area (Å²) in [6, 6.07) is 11.9. The predicted molar refractivity (Wildman–Crippen MR) is 165 cm³/mol. The van der Waals surface area contributed by atoms with Crippen LogP contribution < -0.4 is 4.90 Å². The van der Waals surface area contributed by atoms with E-state index in [0.29, 0.717) is 77.4 Å². The second-order valence-corrected chi connectivity index (χ2v) is 15.2. The second-order valence-electron chi connectivity index (χ2n) is 12.1. The topological polar surface area (TPSA) is 116 Å². The van der Waals surface area contributed by atoms with Crippen molar-refractivity contribution in [3.05, 3.63) is 69.4 Å². The summed E-state index contributed by atoms with van der Waals surface area (Å²) in [7, 11) is -3.56. The minimum absolute atomic E-state index is 0.0190.